The van der Waals surface area contributed by atoms with E-state index in [-0.39, 0.29) is 6.03 Å². The second kappa shape index (κ2) is 6.99. The topological polar surface area (TPSA) is 82.2 Å². The van der Waals surface area contributed by atoms with Gasteiger partial charge in [-0.25, -0.2) is 24.1 Å². The molecule has 0 aliphatic heterocycles. The van der Waals surface area contributed by atoms with Gasteiger partial charge in [-0.2, -0.15) is 0 Å². The van der Waals surface area contributed by atoms with Gasteiger partial charge in [-0.1, -0.05) is 19.1 Å². The van der Waals surface area contributed by atoms with Gasteiger partial charge in [-0.3, -0.25) is 4.57 Å². The number of fused-ring (bicyclic) bond motifs is 1. The van der Waals surface area contributed by atoms with E-state index in [1.807, 2.05) is 31.2 Å². The number of imidazole rings is 1. The van der Waals surface area contributed by atoms with Gasteiger partial charge in [0, 0.05) is 26.2 Å². The van der Waals surface area contributed by atoms with E-state index in [0.717, 1.165) is 16.6 Å². The van der Waals surface area contributed by atoms with Crippen LogP contribution in [0.1, 0.15) is 13.3 Å². The molecule has 0 spiro atoms. The molecule has 2 heterocycles. The summed E-state index contributed by atoms with van der Waals surface area (Å²) < 4.78 is 7.70. The first kappa shape index (κ1) is 17.7. The maximum absolute atomic E-state index is 12.6. The monoisotopic (exact) mass is 355 g/mol. The SMILES string of the molecule is CCCN(C)C(=O)n1c(=O)n(C)c2nc(-c3cccc(OC)c3)ncc21. The normalized spacial score (nSPS) is 10.9. The van der Waals surface area contributed by atoms with Crippen LogP contribution >= 0.6 is 0 Å². The van der Waals surface area contributed by atoms with E-state index in [9.17, 15) is 9.59 Å². The summed E-state index contributed by atoms with van der Waals surface area (Å²) in [6, 6.07) is 6.96. The van der Waals surface area contributed by atoms with Crippen molar-refractivity contribution in [3.05, 3.63) is 40.9 Å². The highest BCUT2D eigenvalue weighted by Crippen LogP contribution is 2.22. The fraction of sp³-hybridized carbons (Fsp3) is 0.333. The van der Waals surface area contributed by atoms with Crippen LogP contribution in [-0.2, 0) is 7.05 Å². The number of carbonyl (C=O) groups is 1. The lowest BCUT2D eigenvalue weighted by Gasteiger charge is -2.15. The first-order valence-electron chi connectivity index (χ1n) is 8.32. The van der Waals surface area contributed by atoms with Crippen LogP contribution < -0.4 is 10.4 Å². The van der Waals surface area contributed by atoms with Crippen LogP contribution in [0.4, 0.5) is 4.79 Å². The molecule has 0 bridgehead atoms. The molecule has 0 saturated carbocycles. The summed E-state index contributed by atoms with van der Waals surface area (Å²) in [5, 5.41) is 0. The Morgan fingerprint density at radius 3 is 2.81 bits per heavy atom. The lowest BCUT2D eigenvalue weighted by atomic mass is 10.2. The Morgan fingerprint density at radius 1 is 1.35 bits per heavy atom. The van der Waals surface area contributed by atoms with Crippen molar-refractivity contribution >= 4 is 17.2 Å². The Morgan fingerprint density at radius 2 is 2.12 bits per heavy atom. The van der Waals surface area contributed by atoms with Crippen molar-refractivity contribution in [1.29, 1.82) is 0 Å². The van der Waals surface area contributed by atoms with Crippen LogP contribution in [0.5, 0.6) is 5.75 Å². The molecule has 1 aromatic carbocycles. The summed E-state index contributed by atoms with van der Waals surface area (Å²) in [5.41, 5.74) is 1.11. The molecule has 136 valence electrons. The highest BCUT2D eigenvalue weighted by atomic mass is 16.5. The van der Waals surface area contributed by atoms with Gasteiger partial charge >= 0.3 is 11.7 Å². The highest BCUT2D eigenvalue weighted by molar-refractivity contribution is 5.88. The van der Waals surface area contributed by atoms with E-state index in [4.69, 9.17) is 4.74 Å². The molecule has 8 heteroatoms. The zero-order chi connectivity index (χ0) is 18.8. The lowest BCUT2D eigenvalue weighted by Crippen LogP contribution is -2.38. The Kier molecular flexibility index (Phi) is 4.75. The van der Waals surface area contributed by atoms with Crippen molar-refractivity contribution in [3.63, 3.8) is 0 Å². The van der Waals surface area contributed by atoms with Crippen LogP contribution in [0.25, 0.3) is 22.6 Å². The van der Waals surface area contributed by atoms with Crippen LogP contribution in [-0.4, -0.2) is 50.7 Å². The summed E-state index contributed by atoms with van der Waals surface area (Å²) in [7, 11) is 4.85. The molecule has 0 aliphatic rings. The number of benzene rings is 1. The standard InChI is InChI=1S/C18H21N5O3/c1-5-9-21(2)17(24)23-14-11-19-15(20-16(14)22(3)18(23)25)12-7-6-8-13(10-12)26-4/h6-8,10-11H,5,9H2,1-4H3. The average Bonchev–Trinajstić information content (AvgIpc) is 2.91. The number of aryl methyl sites for hydroxylation is 1. The van der Waals surface area contributed by atoms with Crippen molar-refractivity contribution < 1.29 is 9.53 Å². The van der Waals surface area contributed by atoms with Crippen molar-refractivity contribution in [3.8, 4) is 17.1 Å². The zero-order valence-corrected chi connectivity index (χ0v) is 15.3. The predicted molar refractivity (Wildman–Crippen MR) is 98.5 cm³/mol. The zero-order valence-electron chi connectivity index (χ0n) is 15.3. The number of methoxy groups -OCH3 is 1. The van der Waals surface area contributed by atoms with Gasteiger partial charge < -0.3 is 9.64 Å². The van der Waals surface area contributed by atoms with Gasteiger partial charge in [0.1, 0.15) is 11.3 Å². The molecule has 3 rings (SSSR count). The number of aromatic nitrogens is 4. The maximum Gasteiger partial charge on any atom is 0.338 e. The number of ether oxygens (including phenoxy) is 1. The van der Waals surface area contributed by atoms with E-state index < -0.39 is 5.69 Å². The molecule has 2 aromatic heterocycles. The molecule has 0 atom stereocenters. The first-order chi connectivity index (χ1) is 12.5. The van der Waals surface area contributed by atoms with Gasteiger partial charge in [-0.05, 0) is 18.6 Å². The Hall–Kier alpha value is -3.16. The third-order valence-electron chi connectivity index (χ3n) is 4.19. The number of hydrogen-bond donors (Lipinski definition) is 0. The minimum atomic E-state index is -0.440. The molecule has 0 aliphatic carbocycles. The van der Waals surface area contributed by atoms with E-state index >= 15 is 0 Å². The van der Waals surface area contributed by atoms with E-state index in [1.54, 1.807) is 21.2 Å². The van der Waals surface area contributed by atoms with Gasteiger partial charge in [0.15, 0.2) is 11.5 Å². The molecule has 26 heavy (non-hydrogen) atoms. The van der Waals surface area contributed by atoms with Crippen molar-refractivity contribution in [2.75, 3.05) is 20.7 Å². The van der Waals surface area contributed by atoms with E-state index in [2.05, 4.69) is 9.97 Å². The summed E-state index contributed by atoms with van der Waals surface area (Å²) in [6.07, 6.45) is 2.31. The van der Waals surface area contributed by atoms with Gasteiger partial charge in [0.25, 0.3) is 0 Å². The molecule has 0 fully saturated rings. The van der Waals surface area contributed by atoms with Crippen LogP contribution in [0.2, 0.25) is 0 Å². The lowest BCUT2D eigenvalue weighted by molar-refractivity contribution is 0.210. The number of hydrogen-bond acceptors (Lipinski definition) is 5. The van der Waals surface area contributed by atoms with Gasteiger partial charge in [0.2, 0.25) is 0 Å². The fourth-order valence-corrected chi connectivity index (χ4v) is 2.80. The highest BCUT2D eigenvalue weighted by Gasteiger charge is 2.21. The molecule has 1 amide bonds. The Balaban J connectivity index is 2.13. The first-order valence-corrected chi connectivity index (χ1v) is 8.32. The molecule has 0 saturated heterocycles. The minimum Gasteiger partial charge on any atom is -0.497 e. The molecular formula is C18H21N5O3. The third kappa shape index (κ3) is 2.94. The summed E-state index contributed by atoms with van der Waals surface area (Å²) in [6.45, 7) is 2.53. The number of nitrogens with zero attached hydrogens (tertiary/aromatic N) is 5. The van der Waals surface area contributed by atoms with Gasteiger partial charge in [-0.15, -0.1) is 0 Å². The van der Waals surface area contributed by atoms with Gasteiger partial charge in [0.05, 0.1) is 13.3 Å². The van der Waals surface area contributed by atoms with Crippen LogP contribution in [0, 0.1) is 0 Å². The smallest absolute Gasteiger partial charge is 0.338 e. The quantitative estimate of drug-likeness (QED) is 0.716. The second-order valence-corrected chi connectivity index (χ2v) is 6.02. The largest absolute Gasteiger partial charge is 0.497 e. The number of rotatable bonds is 4. The molecule has 8 nitrogen and oxygen atoms in total. The summed E-state index contributed by atoms with van der Waals surface area (Å²) in [4.78, 5) is 35.6. The van der Waals surface area contributed by atoms with Crippen LogP contribution in [0.3, 0.4) is 0 Å². The second-order valence-electron chi connectivity index (χ2n) is 6.02. The minimum absolute atomic E-state index is 0.386. The summed E-state index contributed by atoms with van der Waals surface area (Å²) in [5.74, 6) is 1.15. The van der Waals surface area contributed by atoms with Crippen molar-refractivity contribution in [1.82, 2.24) is 24.0 Å². The number of amides is 1. The molecule has 0 N–H and O–H groups in total. The Labute approximate surface area is 150 Å². The average molecular weight is 355 g/mol. The van der Waals surface area contributed by atoms with Crippen molar-refractivity contribution in [2.45, 2.75) is 13.3 Å². The molecule has 3 aromatic rings. The number of carbonyl (C=O) groups excluding carboxylic acids is 1. The predicted octanol–water partition coefficient (Wildman–Crippen LogP) is 2.12. The van der Waals surface area contributed by atoms with E-state index in [0.29, 0.717) is 29.3 Å². The Bertz CT molecular complexity index is 1020. The van der Waals surface area contributed by atoms with E-state index in [1.165, 1.54) is 15.7 Å². The van der Waals surface area contributed by atoms with Crippen molar-refractivity contribution in [2.24, 2.45) is 7.05 Å². The third-order valence-corrected chi connectivity index (χ3v) is 4.19. The molecule has 0 radical (unpaired) electrons. The van der Waals surface area contributed by atoms with Crippen LogP contribution in [0.15, 0.2) is 35.3 Å². The maximum atomic E-state index is 12.6. The molecule has 0 unspecified atom stereocenters. The summed E-state index contributed by atoms with van der Waals surface area (Å²) >= 11 is 0. The fourth-order valence-electron chi connectivity index (χ4n) is 2.80. The molecular weight excluding hydrogens is 334 g/mol.